The predicted molar refractivity (Wildman–Crippen MR) is 70.9 cm³/mol. The number of hydrogen-bond donors (Lipinski definition) is 1. The molecule has 0 radical (unpaired) electrons. The molecule has 1 heterocycles. The van der Waals surface area contributed by atoms with Gasteiger partial charge in [0, 0.05) is 23.6 Å². The van der Waals surface area contributed by atoms with Crippen LogP contribution in [0.4, 0.5) is 0 Å². The molecule has 1 fully saturated rings. The highest BCUT2D eigenvalue weighted by atomic mass is 79.9. The Morgan fingerprint density at radius 3 is 2.18 bits per heavy atom. The Morgan fingerprint density at radius 2 is 1.76 bits per heavy atom. The number of sulfonamides is 1. The Morgan fingerprint density at radius 1 is 1.29 bits per heavy atom. The third-order valence-electron chi connectivity index (χ3n) is 2.44. The fourth-order valence-corrected chi connectivity index (χ4v) is 5.01. The highest BCUT2D eigenvalue weighted by Crippen LogP contribution is 2.35. The number of nitrogens with zero attached hydrogens (tertiary/aromatic N) is 1. The summed E-state index contributed by atoms with van der Waals surface area (Å²) in [6, 6.07) is 2.89. The van der Waals surface area contributed by atoms with Crippen molar-refractivity contribution in [3.63, 3.8) is 0 Å². The minimum Gasteiger partial charge on any atom is -0.325 e. The average Bonchev–Trinajstić information content (AvgIpc) is 2.10. The maximum Gasteiger partial charge on any atom is 0.246 e. The Balaban J connectivity index is 2.47. The molecule has 0 atom stereocenters. The van der Waals surface area contributed by atoms with E-state index in [0.717, 1.165) is 0 Å². The van der Waals surface area contributed by atoms with Crippen molar-refractivity contribution in [2.75, 3.05) is 13.1 Å². The Labute approximate surface area is 118 Å². The number of benzene rings is 1. The molecule has 0 aliphatic carbocycles. The molecular formula is C9H9BrCl2N2O2S. The van der Waals surface area contributed by atoms with E-state index in [1.807, 2.05) is 0 Å². The first-order valence-corrected chi connectivity index (χ1v) is 7.71. The number of halogens is 3. The fourth-order valence-electron chi connectivity index (χ4n) is 1.57. The second-order valence-electron chi connectivity index (χ2n) is 3.78. The summed E-state index contributed by atoms with van der Waals surface area (Å²) in [5.41, 5.74) is 5.56. The summed E-state index contributed by atoms with van der Waals surface area (Å²) >= 11 is 15.1. The molecule has 0 spiro atoms. The summed E-state index contributed by atoms with van der Waals surface area (Å²) < 4.78 is 26.3. The molecule has 2 N–H and O–H groups in total. The van der Waals surface area contributed by atoms with E-state index in [9.17, 15) is 8.42 Å². The lowest BCUT2D eigenvalue weighted by molar-refractivity contribution is 0.265. The molecule has 0 saturated carbocycles. The summed E-state index contributed by atoms with van der Waals surface area (Å²) in [7, 11) is -3.64. The van der Waals surface area contributed by atoms with Crippen molar-refractivity contribution in [3.8, 4) is 0 Å². The number of nitrogens with two attached hydrogens (primary N) is 1. The van der Waals surface area contributed by atoms with Gasteiger partial charge in [-0.25, -0.2) is 8.42 Å². The highest BCUT2D eigenvalue weighted by Gasteiger charge is 2.37. The van der Waals surface area contributed by atoms with Crippen molar-refractivity contribution in [3.05, 3.63) is 26.7 Å². The quantitative estimate of drug-likeness (QED) is 0.879. The average molecular weight is 360 g/mol. The van der Waals surface area contributed by atoms with Gasteiger partial charge in [0.05, 0.1) is 10.0 Å². The van der Waals surface area contributed by atoms with Crippen LogP contribution in [-0.2, 0) is 10.0 Å². The van der Waals surface area contributed by atoms with Gasteiger partial charge >= 0.3 is 0 Å². The second-order valence-corrected chi connectivity index (χ2v) is 7.39. The van der Waals surface area contributed by atoms with Crippen LogP contribution in [0.3, 0.4) is 0 Å². The van der Waals surface area contributed by atoms with Crippen molar-refractivity contribution in [2.45, 2.75) is 10.9 Å². The maximum absolute atomic E-state index is 12.2. The third kappa shape index (κ3) is 2.47. The van der Waals surface area contributed by atoms with Gasteiger partial charge in [0.2, 0.25) is 10.0 Å². The summed E-state index contributed by atoms with van der Waals surface area (Å²) in [6.45, 7) is 0.593. The summed E-state index contributed by atoms with van der Waals surface area (Å²) in [6.07, 6.45) is 0. The van der Waals surface area contributed by atoms with Crippen LogP contribution in [0.1, 0.15) is 0 Å². The minimum absolute atomic E-state index is 0.0593. The first-order valence-electron chi connectivity index (χ1n) is 4.72. The van der Waals surface area contributed by atoms with E-state index in [0.29, 0.717) is 17.6 Å². The third-order valence-corrected chi connectivity index (χ3v) is 5.65. The maximum atomic E-state index is 12.2. The summed E-state index contributed by atoms with van der Waals surface area (Å²) in [4.78, 5) is -0.0593. The highest BCUT2D eigenvalue weighted by molar-refractivity contribution is 9.10. The van der Waals surface area contributed by atoms with Crippen LogP contribution in [0.25, 0.3) is 0 Å². The molecule has 1 aliphatic rings. The first-order chi connectivity index (χ1) is 7.82. The van der Waals surface area contributed by atoms with E-state index in [1.165, 1.54) is 16.4 Å². The van der Waals surface area contributed by atoms with E-state index in [1.54, 1.807) is 0 Å². The number of rotatable bonds is 2. The van der Waals surface area contributed by atoms with E-state index in [2.05, 4.69) is 15.9 Å². The van der Waals surface area contributed by atoms with Gasteiger partial charge in [0.25, 0.3) is 0 Å². The Hall–Kier alpha value is 0.150. The standard InChI is InChI=1S/C9H9BrCl2N2O2S/c10-5-1-7(11)9(8(12)2-5)17(15,16)14-3-6(13)4-14/h1-2,6H,3-4,13H2. The zero-order valence-corrected chi connectivity index (χ0v) is 12.4. The normalized spacial score (nSPS) is 18.1. The zero-order chi connectivity index (χ0) is 12.8. The smallest absolute Gasteiger partial charge is 0.246 e. The van der Waals surface area contributed by atoms with Crippen molar-refractivity contribution in [1.29, 1.82) is 0 Å². The molecule has 1 aromatic rings. The van der Waals surface area contributed by atoms with E-state index in [-0.39, 0.29) is 21.0 Å². The van der Waals surface area contributed by atoms with Crippen LogP contribution in [0, 0.1) is 0 Å². The van der Waals surface area contributed by atoms with Gasteiger partial charge in [-0.3, -0.25) is 0 Å². The molecule has 4 nitrogen and oxygen atoms in total. The lowest BCUT2D eigenvalue weighted by atomic mass is 10.2. The van der Waals surface area contributed by atoms with Crippen LogP contribution in [0.2, 0.25) is 10.0 Å². The topological polar surface area (TPSA) is 63.4 Å². The molecule has 0 aromatic heterocycles. The van der Waals surface area contributed by atoms with Crippen LogP contribution >= 0.6 is 39.1 Å². The molecule has 1 aromatic carbocycles. The Bertz CT molecular complexity index is 535. The zero-order valence-electron chi connectivity index (χ0n) is 8.53. The lowest BCUT2D eigenvalue weighted by Gasteiger charge is -2.35. The predicted octanol–water partition coefficient (Wildman–Crippen LogP) is 2.09. The molecule has 0 amide bonds. The number of hydrogen-bond acceptors (Lipinski definition) is 3. The van der Waals surface area contributed by atoms with Gasteiger partial charge in [0.1, 0.15) is 4.90 Å². The second kappa shape index (κ2) is 4.68. The summed E-state index contributed by atoms with van der Waals surface area (Å²) in [5, 5.41) is 0.203. The molecule has 2 rings (SSSR count). The SMILES string of the molecule is NC1CN(S(=O)(=O)c2c(Cl)cc(Br)cc2Cl)C1. The van der Waals surface area contributed by atoms with E-state index >= 15 is 0 Å². The van der Waals surface area contributed by atoms with Crippen LogP contribution in [-0.4, -0.2) is 31.9 Å². The van der Waals surface area contributed by atoms with Gasteiger partial charge in [-0.05, 0) is 12.1 Å². The van der Waals surface area contributed by atoms with Crippen LogP contribution in [0.15, 0.2) is 21.5 Å². The van der Waals surface area contributed by atoms with Crippen molar-refractivity contribution in [1.82, 2.24) is 4.31 Å². The van der Waals surface area contributed by atoms with Gasteiger partial charge in [0.15, 0.2) is 0 Å². The molecule has 8 heteroatoms. The van der Waals surface area contributed by atoms with Gasteiger partial charge in [-0.15, -0.1) is 0 Å². The lowest BCUT2D eigenvalue weighted by Crippen LogP contribution is -2.57. The Kier molecular flexibility index (Phi) is 3.74. The molecule has 1 saturated heterocycles. The monoisotopic (exact) mass is 358 g/mol. The van der Waals surface area contributed by atoms with Crippen molar-refractivity contribution >= 4 is 49.2 Å². The van der Waals surface area contributed by atoms with E-state index in [4.69, 9.17) is 28.9 Å². The minimum atomic E-state index is -3.64. The largest absolute Gasteiger partial charge is 0.325 e. The van der Waals surface area contributed by atoms with Crippen molar-refractivity contribution in [2.24, 2.45) is 5.73 Å². The fraction of sp³-hybridized carbons (Fsp3) is 0.333. The van der Waals surface area contributed by atoms with Gasteiger partial charge < -0.3 is 5.73 Å². The van der Waals surface area contributed by atoms with Gasteiger partial charge in [-0.1, -0.05) is 39.1 Å². The van der Waals surface area contributed by atoms with E-state index < -0.39 is 10.0 Å². The molecule has 17 heavy (non-hydrogen) atoms. The van der Waals surface area contributed by atoms with Gasteiger partial charge in [-0.2, -0.15) is 4.31 Å². The molecule has 0 bridgehead atoms. The van der Waals surface area contributed by atoms with Crippen molar-refractivity contribution < 1.29 is 8.42 Å². The van der Waals surface area contributed by atoms with Crippen LogP contribution in [0.5, 0.6) is 0 Å². The molecule has 1 aliphatic heterocycles. The molecule has 94 valence electrons. The molecular weight excluding hydrogens is 351 g/mol. The van der Waals surface area contributed by atoms with Crippen LogP contribution < -0.4 is 5.73 Å². The first kappa shape index (κ1) is 13.6. The molecule has 0 unspecified atom stereocenters. The summed E-state index contributed by atoms with van der Waals surface area (Å²) in [5.74, 6) is 0.